The molecule has 1 aliphatic heterocycles. The highest BCUT2D eigenvalue weighted by atomic mass is 19.1. The van der Waals surface area contributed by atoms with E-state index in [4.69, 9.17) is 0 Å². The molecule has 5 heteroatoms. The molecule has 2 aromatic carbocycles. The van der Waals surface area contributed by atoms with Gasteiger partial charge in [0.15, 0.2) is 0 Å². The van der Waals surface area contributed by atoms with Crippen molar-refractivity contribution in [1.29, 1.82) is 0 Å². The Morgan fingerprint density at radius 2 is 1.81 bits per heavy atom. The Balaban J connectivity index is 1.57. The fourth-order valence-electron chi connectivity index (χ4n) is 4.15. The van der Waals surface area contributed by atoms with Gasteiger partial charge in [0.1, 0.15) is 5.82 Å². The molecule has 1 heterocycles. The van der Waals surface area contributed by atoms with Crippen molar-refractivity contribution in [2.75, 3.05) is 0 Å². The van der Waals surface area contributed by atoms with E-state index in [2.05, 4.69) is 5.32 Å². The number of hydrogen-bond donors (Lipinski definition) is 1. The van der Waals surface area contributed by atoms with Crippen LogP contribution in [-0.4, -0.2) is 22.8 Å². The lowest BCUT2D eigenvalue weighted by molar-refractivity contribution is -0.122. The summed E-state index contributed by atoms with van der Waals surface area (Å²) >= 11 is 0. The van der Waals surface area contributed by atoms with Crippen molar-refractivity contribution in [1.82, 2.24) is 10.2 Å². The lowest BCUT2D eigenvalue weighted by atomic mass is 10.0. The number of benzene rings is 2. The molecule has 0 aromatic heterocycles. The predicted molar refractivity (Wildman–Crippen MR) is 100 cm³/mol. The molecule has 140 valence electrons. The molecule has 1 saturated carbocycles. The molecular formula is C22H23FN2O2. The summed E-state index contributed by atoms with van der Waals surface area (Å²) in [7, 11) is 0. The molecule has 4 nitrogen and oxygen atoms in total. The standard InChI is InChI=1S/C22H23FN2O2/c23-17-11-9-15(10-12-17)20(13-21(26)24-18-6-2-3-7-18)25-14-16-5-1-4-8-19(16)22(25)27/h1,4-5,8-12,18,20H,2-3,6-7,13-14H2,(H,24,26)/t20-/m0/s1. The van der Waals surface area contributed by atoms with Gasteiger partial charge in [-0.2, -0.15) is 0 Å². The summed E-state index contributed by atoms with van der Waals surface area (Å²) in [5.41, 5.74) is 2.42. The lowest BCUT2D eigenvalue weighted by Gasteiger charge is -2.28. The second kappa shape index (κ2) is 7.51. The average Bonchev–Trinajstić information content (AvgIpc) is 3.29. The number of nitrogens with zero attached hydrogens (tertiary/aromatic N) is 1. The molecule has 0 bridgehead atoms. The maximum absolute atomic E-state index is 13.4. The Morgan fingerprint density at radius 3 is 2.52 bits per heavy atom. The number of carbonyl (C=O) groups excluding carboxylic acids is 2. The van der Waals surface area contributed by atoms with Gasteiger partial charge in [-0.3, -0.25) is 9.59 Å². The zero-order valence-corrected chi connectivity index (χ0v) is 15.2. The number of nitrogens with one attached hydrogen (secondary N) is 1. The summed E-state index contributed by atoms with van der Waals surface area (Å²) < 4.78 is 13.4. The molecule has 2 aromatic rings. The third kappa shape index (κ3) is 3.72. The zero-order chi connectivity index (χ0) is 18.8. The highest BCUT2D eigenvalue weighted by molar-refractivity contribution is 5.98. The van der Waals surface area contributed by atoms with Gasteiger partial charge in [-0.1, -0.05) is 43.2 Å². The van der Waals surface area contributed by atoms with Gasteiger partial charge in [-0.25, -0.2) is 4.39 Å². The molecule has 0 spiro atoms. The molecule has 1 fully saturated rings. The Hall–Kier alpha value is -2.69. The first-order valence-electron chi connectivity index (χ1n) is 9.55. The van der Waals surface area contributed by atoms with Crippen LogP contribution in [0, 0.1) is 5.82 Å². The fourth-order valence-corrected chi connectivity index (χ4v) is 4.15. The van der Waals surface area contributed by atoms with E-state index < -0.39 is 6.04 Å². The monoisotopic (exact) mass is 366 g/mol. The van der Waals surface area contributed by atoms with Crippen LogP contribution in [0.5, 0.6) is 0 Å². The van der Waals surface area contributed by atoms with Crippen molar-refractivity contribution in [3.05, 3.63) is 71.0 Å². The van der Waals surface area contributed by atoms with Gasteiger partial charge in [-0.05, 0) is 42.2 Å². The molecule has 0 unspecified atom stereocenters. The summed E-state index contributed by atoms with van der Waals surface area (Å²) in [6.07, 6.45) is 4.50. The fraction of sp³-hybridized carbons (Fsp3) is 0.364. The molecule has 0 saturated heterocycles. The van der Waals surface area contributed by atoms with E-state index >= 15 is 0 Å². The number of amides is 2. The van der Waals surface area contributed by atoms with Crippen molar-refractivity contribution in [3.63, 3.8) is 0 Å². The average molecular weight is 366 g/mol. The molecule has 1 N–H and O–H groups in total. The Bertz CT molecular complexity index is 844. The Labute approximate surface area is 158 Å². The van der Waals surface area contributed by atoms with Gasteiger partial charge in [0.2, 0.25) is 5.91 Å². The minimum Gasteiger partial charge on any atom is -0.353 e. The number of rotatable bonds is 5. The Kier molecular flexibility index (Phi) is 4.92. The van der Waals surface area contributed by atoms with Gasteiger partial charge in [0.05, 0.1) is 12.5 Å². The molecule has 1 aliphatic carbocycles. The van der Waals surface area contributed by atoms with Gasteiger partial charge < -0.3 is 10.2 Å². The normalized spacial score (nSPS) is 17.8. The topological polar surface area (TPSA) is 49.4 Å². The number of halogens is 1. The van der Waals surface area contributed by atoms with E-state index in [-0.39, 0.29) is 30.1 Å². The van der Waals surface area contributed by atoms with Crippen LogP contribution in [-0.2, 0) is 11.3 Å². The van der Waals surface area contributed by atoms with E-state index in [0.717, 1.165) is 36.8 Å². The van der Waals surface area contributed by atoms with Crippen LogP contribution < -0.4 is 5.32 Å². The molecule has 27 heavy (non-hydrogen) atoms. The van der Waals surface area contributed by atoms with Crippen molar-refractivity contribution in [2.45, 2.75) is 50.7 Å². The third-order valence-corrected chi connectivity index (χ3v) is 5.58. The smallest absolute Gasteiger partial charge is 0.255 e. The van der Waals surface area contributed by atoms with E-state index in [0.29, 0.717) is 12.1 Å². The molecule has 0 radical (unpaired) electrons. The first-order chi connectivity index (χ1) is 13.1. The Morgan fingerprint density at radius 1 is 1.11 bits per heavy atom. The van der Waals surface area contributed by atoms with Gasteiger partial charge >= 0.3 is 0 Å². The maximum Gasteiger partial charge on any atom is 0.255 e. The molecular weight excluding hydrogens is 343 g/mol. The van der Waals surface area contributed by atoms with Crippen LogP contribution in [0.4, 0.5) is 4.39 Å². The van der Waals surface area contributed by atoms with Crippen LogP contribution in [0.1, 0.15) is 59.6 Å². The minimum absolute atomic E-state index is 0.0556. The second-order valence-corrected chi connectivity index (χ2v) is 7.41. The van der Waals surface area contributed by atoms with Crippen LogP contribution in [0.15, 0.2) is 48.5 Å². The van der Waals surface area contributed by atoms with E-state index in [9.17, 15) is 14.0 Å². The van der Waals surface area contributed by atoms with E-state index in [1.807, 2.05) is 24.3 Å². The highest BCUT2D eigenvalue weighted by Gasteiger charge is 2.34. The van der Waals surface area contributed by atoms with Crippen molar-refractivity contribution in [2.24, 2.45) is 0 Å². The molecule has 1 atom stereocenters. The van der Waals surface area contributed by atoms with Gasteiger partial charge in [0.25, 0.3) is 5.91 Å². The van der Waals surface area contributed by atoms with Crippen LogP contribution in [0.3, 0.4) is 0 Å². The van der Waals surface area contributed by atoms with Crippen LogP contribution in [0.25, 0.3) is 0 Å². The zero-order valence-electron chi connectivity index (χ0n) is 15.2. The second-order valence-electron chi connectivity index (χ2n) is 7.41. The first-order valence-corrected chi connectivity index (χ1v) is 9.55. The van der Waals surface area contributed by atoms with Gasteiger partial charge in [0, 0.05) is 18.2 Å². The summed E-state index contributed by atoms with van der Waals surface area (Å²) in [5, 5.41) is 3.10. The number of carbonyl (C=O) groups is 2. The summed E-state index contributed by atoms with van der Waals surface area (Å²) in [4.78, 5) is 27.3. The number of hydrogen-bond acceptors (Lipinski definition) is 2. The van der Waals surface area contributed by atoms with E-state index in [1.54, 1.807) is 17.0 Å². The maximum atomic E-state index is 13.4. The summed E-state index contributed by atoms with van der Waals surface area (Å²) in [6, 6.07) is 13.4. The molecule has 2 aliphatic rings. The number of fused-ring (bicyclic) bond motifs is 1. The lowest BCUT2D eigenvalue weighted by Crippen LogP contribution is -2.37. The third-order valence-electron chi connectivity index (χ3n) is 5.58. The summed E-state index contributed by atoms with van der Waals surface area (Å²) in [6.45, 7) is 0.466. The summed E-state index contributed by atoms with van der Waals surface area (Å²) in [5.74, 6) is -0.461. The largest absolute Gasteiger partial charge is 0.353 e. The predicted octanol–water partition coefficient (Wildman–Crippen LogP) is 3.97. The highest BCUT2D eigenvalue weighted by Crippen LogP contribution is 2.33. The SMILES string of the molecule is O=C(C[C@@H](c1ccc(F)cc1)N1Cc2ccccc2C1=O)NC1CCCC1. The molecule has 2 amide bonds. The van der Waals surface area contributed by atoms with Crippen LogP contribution in [0.2, 0.25) is 0 Å². The molecule has 4 rings (SSSR count). The van der Waals surface area contributed by atoms with Crippen LogP contribution >= 0.6 is 0 Å². The van der Waals surface area contributed by atoms with Gasteiger partial charge in [-0.15, -0.1) is 0 Å². The van der Waals surface area contributed by atoms with Crippen molar-refractivity contribution in [3.8, 4) is 0 Å². The first kappa shape index (κ1) is 17.7. The van der Waals surface area contributed by atoms with E-state index in [1.165, 1.54) is 12.1 Å². The van der Waals surface area contributed by atoms with Crippen molar-refractivity contribution >= 4 is 11.8 Å². The quantitative estimate of drug-likeness (QED) is 0.870. The minimum atomic E-state index is -0.410. The van der Waals surface area contributed by atoms with Crippen molar-refractivity contribution < 1.29 is 14.0 Å².